The normalized spacial score (nSPS) is 19.5. The van der Waals surface area contributed by atoms with Crippen molar-refractivity contribution in [3.05, 3.63) is 23.5 Å². The third-order valence-electron chi connectivity index (χ3n) is 4.75. The predicted octanol–water partition coefficient (Wildman–Crippen LogP) is 3.40. The Balaban J connectivity index is 1.70. The van der Waals surface area contributed by atoms with E-state index in [9.17, 15) is 9.59 Å². The average Bonchev–Trinajstić information content (AvgIpc) is 3.20. The largest absolute Gasteiger partial charge is 0.356 e. The first-order valence-electron chi connectivity index (χ1n) is 8.15. The Kier molecular flexibility index (Phi) is 4.13. The molecule has 2 aliphatic rings. The quantitative estimate of drug-likeness (QED) is 0.844. The second kappa shape index (κ2) is 6.04. The minimum atomic E-state index is -0.00412. The standard InChI is InChI=1S/C17H24N2O2/c1-12(20)14-9-16(18-10-14)17(21)19(15-7-8-15)11-13-5-3-2-4-6-13/h9-10,13,15,18H,2-8,11H2,1H3. The van der Waals surface area contributed by atoms with Gasteiger partial charge in [-0.1, -0.05) is 19.3 Å². The summed E-state index contributed by atoms with van der Waals surface area (Å²) in [5.74, 6) is 0.719. The van der Waals surface area contributed by atoms with Gasteiger partial charge in [0.05, 0.1) is 0 Å². The number of hydrogen-bond acceptors (Lipinski definition) is 2. The highest BCUT2D eigenvalue weighted by Crippen LogP contribution is 2.32. The molecule has 2 aliphatic carbocycles. The maximum Gasteiger partial charge on any atom is 0.270 e. The lowest BCUT2D eigenvalue weighted by Crippen LogP contribution is -2.38. The molecular formula is C17H24N2O2. The molecule has 0 bridgehead atoms. The van der Waals surface area contributed by atoms with E-state index < -0.39 is 0 Å². The molecule has 1 amide bonds. The van der Waals surface area contributed by atoms with Crippen molar-refractivity contribution in [1.29, 1.82) is 0 Å². The number of carbonyl (C=O) groups excluding carboxylic acids is 2. The fourth-order valence-corrected chi connectivity index (χ4v) is 3.31. The van der Waals surface area contributed by atoms with Gasteiger partial charge in [0, 0.05) is 24.3 Å². The second-order valence-electron chi connectivity index (χ2n) is 6.55. The summed E-state index contributed by atoms with van der Waals surface area (Å²) < 4.78 is 0. The van der Waals surface area contributed by atoms with E-state index in [1.165, 1.54) is 39.0 Å². The molecule has 21 heavy (non-hydrogen) atoms. The van der Waals surface area contributed by atoms with Crippen molar-refractivity contribution in [2.45, 2.75) is 57.9 Å². The first-order valence-corrected chi connectivity index (χ1v) is 8.15. The Hall–Kier alpha value is -1.58. The van der Waals surface area contributed by atoms with Gasteiger partial charge in [0.2, 0.25) is 0 Å². The van der Waals surface area contributed by atoms with Gasteiger partial charge in [-0.15, -0.1) is 0 Å². The van der Waals surface area contributed by atoms with Crippen LogP contribution in [-0.4, -0.2) is 34.2 Å². The summed E-state index contributed by atoms with van der Waals surface area (Å²) in [6, 6.07) is 2.12. The number of hydrogen-bond donors (Lipinski definition) is 1. The lowest BCUT2D eigenvalue weighted by Gasteiger charge is -2.29. The van der Waals surface area contributed by atoms with Crippen molar-refractivity contribution < 1.29 is 9.59 Å². The van der Waals surface area contributed by atoms with Crippen LogP contribution in [-0.2, 0) is 0 Å². The molecule has 4 nitrogen and oxygen atoms in total. The Bertz CT molecular complexity index is 525. The topological polar surface area (TPSA) is 53.2 Å². The Morgan fingerprint density at radius 3 is 2.48 bits per heavy atom. The molecule has 1 aromatic rings. The minimum Gasteiger partial charge on any atom is -0.356 e. The van der Waals surface area contributed by atoms with Gasteiger partial charge in [0.15, 0.2) is 5.78 Å². The summed E-state index contributed by atoms with van der Waals surface area (Å²) in [5, 5.41) is 0. The fourth-order valence-electron chi connectivity index (χ4n) is 3.31. The summed E-state index contributed by atoms with van der Waals surface area (Å²) in [6.45, 7) is 2.41. The monoisotopic (exact) mass is 288 g/mol. The first kappa shape index (κ1) is 14.4. The number of aromatic nitrogens is 1. The number of amides is 1. The number of Topliss-reactive ketones (excluding diaryl/α,β-unsaturated/α-hetero) is 1. The van der Waals surface area contributed by atoms with Crippen LogP contribution < -0.4 is 0 Å². The van der Waals surface area contributed by atoms with Crippen LogP contribution in [0.15, 0.2) is 12.3 Å². The number of nitrogens with zero attached hydrogens (tertiary/aromatic N) is 1. The molecule has 0 aromatic carbocycles. The highest BCUT2D eigenvalue weighted by Gasteiger charge is 2.35. The van der Waals surface area contributed by atoms with Gasteiger partial charge in [-0.05, 0) is 44.6 Å². The van der Waals surface area contributed by atoms with Crippen molar-refractivity contribution in [2.75, 3.05) is 6.54 Å². The number of rotatable bonds is 5. The molecular weight excluding hydrogens is 264 g/mol. The van der Waals surface area contributed by atoms with Crippen LogP contribution in [0.25, 0.3) is 0 Å². The van der Waals surface area contributed by atoms with E-state index in [-0.39, 0.29) is 11.7 Å². The van der Waals surface area contributed by atoms with E-state index in [2.05, 4.69) is 4.98 Å². The molecule has 0 atom stereocenters. The zero-order chi connectivity index (χ0) is 14.8. The van der Waals surface area contributed by atoms with E-state index in [1.807, 2.05) is 4.90 Å². The lowest BCUT2D eigenvalue weighted by molar-refractivity contribution is 0.0693. The van der Waals surface area contributed by atoms with E-state index >= 15 is 0 Å². The summed E-state index contributed by atoms with van der Waals surface area (Å²) >= 11 is 0. The highest BCUT2D eigenvalue weighted by molar-refractivity contribution is 5.99. The number of aromatic amines is 1. The van der Waals surface area contributed by atoms with Crippen molar-refractivity contribution in [1.82, 2.24) is 9.88 Å². The fraction of sp³-hybridized carbons (Fsp3) is 0.647. The maximum atomic E-state index is 12.7. The van der Waals surface area contributed by atoms with Gasteiger partial charge in [-0.3, -0.25) is 9.59 Å². The molecule has 1 aromatic heterocycles. The van der Waals surface area contributed by atoms with Gasteiger partial charge >= 0.3 is 0 Å². The van der Waals surface area contributed by atoms with Crippen LogP contribution in [0.4, 0.5) is 0 Å². The molecule has 4 heteroatoms. The minimum absolute atomic E-state index is 0.00412. The van der Waals surface area contributed by atoms with Gasteiger partial charge in [0.1, 0.15) is 5.69 Å². The van der Waals surface area contributed by atoms with Gasteiger partial charge < -0.3 is 9.88 Å². The van der Waals surface area contributed by atoms with E-state index in [0.717, 1.165) is 19.4 Å². The Morgan fingerprint density at radius 1 is 1.19 bits per heavy atom. The molecule has 1 heterocycles. The molecule has 2 fully saturated rings. The zero-order valence-electron chi connectivity index (χ0n) is 12.7. The summed E-state index contributed by atoms with van der Waals surface area (Å²) in [6.07, 6.45) is 10.3. The number of ketones is 1. The van der Waals surface area contributed by atoms with Crippen molar-refractivity contribution in [3.63, 3.8) is 0 Å². The molecule has 0 spiro atoms. The summed E-state index contributed by atoms with van der Waals surface area (Å²) in [5.41, 5.74) is 1.15. The number of nitrogens with one attached hydrogen (secondary N) is 1. The highest BCUT2D eigenvalue weighted by atomic mass is 16.2. The first-order chi connectivity index (χ1) is 10.1. The predicted molar refractivity (Wildman–Crippen MR) is 81.4 cm³/mol. The zero-order valence-corrected chi connectivity index (χ0v) is 12.7. The van der Waals surface area contributed by atoms with Crippen LogP contribution in [0.1, 0.15) is 72.7 Å². The Labute approximate surface area is 125 Å². The molecule has 0 radical (unpaired) electrons. The maximum absolute atomic E-state index is 12.7. The number of carbonyl (C=O) groups is 2. The van der Waals surface area contributed by atoms with Crippen LogP contribution in [0.3, 0.4) is 0 Å². The SMILES string of the molecule is CC(=O)c1c[nH]c(C(=O)N(CC2CCCCC2)C2CC2)c1. The molecule has 114 valence electrons. The molecule has 0 aliphatic heterocycles. The molecule has 0 unspecified atom stereocenters. The van der Waals surface area contributed by atoms with Gasteiger partial charge in [-0.2, -0.15) is 0 Å². The van der Waals surface area contributed by atoms with E-state index in [1.54, 1.807) is 12.3 Å². The Morgan fingerprint density at radius 2 is 1.90 bits per heavy atom. The van der Waals surface area contributed by atoms with Crippen LogP contribution in [0.2, 0.25) is 0 Å². The lowest BCUT2D eigenvalue weighted by atomic mass is 9.89. The molecule has 2 saturated carbocycles. The van der Waals surface area contributed by atoms with E-state index in [4.69, 9.17) is 0 Å². The van der Waals surface area contributed by atoms with Crippen LogP contribution in [0, 0.1) is 5.92 Å². The van der Waals surface area contributed by atoms with Crippen molar-refractivity contribution in [3.8, 4) is 0 Å². The summed E-state index contributed by atoms with van der Waals surface area (Å²) in [4.78, 5) is 29.1. The molecule has 0 saturated heterocycles. The molecule has 3 rings (SSSR count). The summed E-state index contributed by atoms with van der Waals surface area (Å²) in [7, 11) is 0. The van der Waals surface area contributed by atoms with E-state index in [0.29, 0.717) is 23.2 Å². The molecule has 1 N–H and O–H groups in total. The van der Waals surface area contributed by atoms with Gasteiger partial charge in [0.25, 0.3) is 5.91 Å². The van der Waals surface area contributed by atoms with Gasteiger partial charge in [-0.25, -0.2) is 0 Å². The second-order valence-corrected chi connectivity index (χ2v) is 6.55. The van der Waals surface area contributed by atoms with Crippen LogP contribution in [0.5, 0.6) is 0 Å². The van der Waals surface area contributed by atoms with Crippen molar-refractivity contribution >= 4 is 11.7 Å². The van der Waals surface area contributed by atoms with Crippen molar-refractivity contribution in [2.24, 2.45) is 5.92 Å². The van der Waals surface area contributed by atoms with Crippen LogP contribution >= 0.6 is 0 Å². The number of H-pyrrole nitrogens is 1. The average molecular weight is 288 g/mol. The smallest absolute Gasteiger partial charge is 0.270 e. The third kappa shape index (κ3) is 3.36. The third-order valence-corrected chi connectivity index (χ3v) is 4.75.